The summed E-state index contributed by atoms with van der Waals surface area (Å²) in [4.78, 5) is 12.4. The van der Waals surface area contributed by atoms with E-state index in [1.165, 1.54) is 5.39 Å². The number of carbonyl (C=O) groups excluding carboxylic acids is 1. The van der Waals surface area contributed by atoms with E-state index in [2.05, 4.69) is 35.6 Å². The average Bonchev–Trinajstić information content (AvgIpc) is 2.51. The summed E-state index contributed by atoms with van der Waals surface area (Å²) in [7, 11) is 0. The SMILES string of the molecule is CC(C)(C)C(N)C(=O)Nc1cccc2cc3ccccc3cc12. The number of benzene rings is 3. The van der Waals surface area contributed by atoms with Gasteiger partial charge in [-0.1, -0.05) is 57.2 Å². The van der Waals surface area contributed by atoms with Gasteiger partial charge in [0.1, 0.15) is 0 Å². The van der Waals surface area contributed by atoms with E-state index in [9.17, 15) is 4.79 Å². The standard InChI is InChI=1S/C20H22N2O/c1-20(2,3)18(21)19(23)22-17-10-6-9-15-11-13-7-4-5-8-14(13)12-16(15)17/h4-12,18H,21H2,1-3H3,(H,22,23). The fraction of sp³-hybridized carbons (Fsp3) is 0.250. The highest BCUT2D eigenvalue weighted by atomic mass is 16.2. The Morgan fingerprint density at radius 3 is 2.22 bits per heavy atom. The second kappa shape index (κ2) is 5.67. The molecule has 1 atom stereocenters. The van der Waals surface area contributed by atoms with Crippen molar-refractivity contribution >= 4 is 33.1 Å². The van der Waals surface area contributed by atoms with Crippen LogP contribution in [0.2, 0.25) is 0 Å². The van der Waals surface area contributed by atoms with Gasteiger partial charge in [0.15, 0.2) is 0 Å². The maximum absolute atomic E-state index is 12.4. The first-order valence-electron chi connectivity index (χ1n) is 7.84. The van der Waals surface area contributed by atoms with E-state index in [4.69, 9.17) is 5.73 Å². The van der Waals surface area contributed by atoms with Crippen LogP contribution < -0.4 is 11.1 Å². The zero-order valence-electron chi connectivity index (χ0n) is 13.8. The molecule has 0 radical (unpaired) electrons. The first-order valence-corrected chi connectivity index (χ1v) is 7.84. The molecule has 1 amide bonds. The van der Waals surface area contributed by atoms with Crippen LogP contribution in [0.5, 0.6) is 0 Å². The molecule has 3 aromatic rings. The molecule has 3 nitrogen and oxygen atoms in total. The fourth-order valence-electron chi connectivity index (χ4n) is 2.68. The Balaban J connectivity index is 2.04. The van der Waals surface area contributed by atoms with Gasteiger partial charge in [-0.2, -0.15) is 0 Å². The highest BCUT2D eigenvalue weighted by Crippen LogP contribution is 2.29. The van der Waals surface area contributed by atoms with Gasteiger partial charge >= 0.3 is 0 Å². The van der Waals surface area contributed by atoms with Gasteiger partial charge in [0.25, 0.3) is 0 Å². The van der Waals surface area contributed by atoms with Gasteiger partial charge in [-0.15, -0.1) is 0 Å². The van der Waals surface area contributed by atoms with E-state index in [0.29, 0.717) is 0 Å². The molecule has 0 bridgehead atoms. The monoisotopic (exact) mass is 306 g/mol. The summed E-state index contributed by atoms with van der Waals surface area (Å²) in [6.07, 6.45) is 0. The zero-order valence-corrected chi connectivity index (χ0v) is 13.8. The van der Waals surface area contributed by atoms with Crippen molar-refractivity contribution < 1.29 is 4.79 Å². The van der Waals surface area contributed by atoms with Gasteiger partial charge in [-0.3, -0.25) is 4.79 Å². The maximum atomic E-state index is 12.4. The predicted molar refractivity (Wildman–Crippen MR) is 97.5 cm³/mol. The Morgan fingerprint density at radius 1 is 0.957 bits per heavy atom. The zero-order chi connectivity index (χ0) is 16.6. The lowest BCUT2D eigenvalue weighted by Gasteiger charge is -2.26. The molecule has 0 fully saturated rings. The molecule has 3 heteroatoms. The van der Waals surface area contributed by atoms with E-state index in [1.807, 2.05) is 45.0 Å². The van der Waals surface area contributed by atoms with Crippen molar-refractivity contribution in [3.63, 3.8) is 0 Å². The number of amides is 1. The van der Waals surface area contributed by atoms with Crippen molar-refractivity contribution in [2.24, 2.45) is 11.1 Å². The summed E-state index contributed by atoms with van der Waals surface area (Å²) < 4.78 is 0. The molecule has 0 aliphatic carbocycles. The van der Waals surface area contributed by atoms with Crippen molar-refractivity contribution in [1.29, 1.82) is 0 Å². The van der Waals surface area contributed by atoms with Gasteiger partial charge in [0, 0.05) is 11.1 Å². The van der Waals surface area contributed by atoms with E-state index >= 15 is 0 Å². The smallest absolute Gasteiger partial charge is 0.241 e. The van der Waals surface area contributed by atoms with E-state index in [0.717, 1.165) is 21.8 Å². The highest BCUT2D eigenvalue weighted by Gasteiger charge is 2.27. The summed E-state index contributed by atoms with van der Waals surface area (Å²) >= 11 is 0. The normalized spacial score (nSPS) is 13.2. The van der Waals surface area contributed by atoms with Crippen LogP contribution in [0.15, 0.2) is 54.6 Å². The number of fused-ring (bicyclic) bond motifs is 2. The summed E-state index contributed by atoms with van der Waals surface area (Å²) in [6.45, 7) is 5.90. The lowest BCUT2D eigenvalue weighted by molar-refractivity contribution is -0.119. The van der Waals surface area contributed by atoms with Gasteiger partial charge in [0.2, 0.25) is 5.91 Å². The van der Waals surface area contributed by atoms with Crippen LogP contribution in [-0.4, -0.2) is 11.9 Å². The Morgan fingerprint density at radius 2 is 1.57 bits per heavy atom. The van der Waals surface area contributed by atoms with Gasteiger partial charge in [0.05, 0.1) is 6.04 Å². The van der Waals surface area contributed by atoms with Crippen molar-refractivity contribution in [2.75, 3.05) is 5.32 Å². The molecule has 3 rings (SSSR count). The molecule has 3 aromatic carbocycles. The van der Waals surface area contributed by atoms with Gasteiger partial charge in [-0.05, 0) is 39.8 Å². The number of hydrogen-bond donors (Lipinski definition) is 2. The van der Waals surface area contributed by atoms with E-state index in [-0.39, 0.29) is 11.3 Å². The molecule has 0 saturated carbocycles. The topological polar surface area (TPSA) is 55.1 Å². The summed E-state index contributed by atoms with van der Waals surface area (Å²) in [6, 6.07) is 17.9. The Kier molecular flexibility index (Phi) is 3.82. The maximum Gasteiger partial charge on any atom is 0.241 e. The first kappa shape index (κ1) is 15.5. The third-order valence-corrected chi connectivity index (χ3v) is 4.22. The van der Waals surface area contributed by atoms with Crippen LogP contribution in [0.4, 0.5) is 5.69 Å². The molecule has 0 aliphatic rings. The van der Waals surface area contributed by atoms with Gasteiger partial charge < -0.3 is 11.1 Å². The number of nitrogens with one attached hydrogen (secondary N) is 1. The summed E-state index contributed by atoms with van der Waals surface area (Å²) in [5.74, 6) is -0.154. The quantitative estimate of drug-likeness (QED) is 0.693. The average molecular weight is 306 g/mol. The number of carbonyl (C=O) groups is 1. The molecular weight excluding hydrogens is 284 g/mol. The number of rotatable bonds is 2. The molecule has 0 aliphatic heterocycles. The second-order valence-corrected chi connectivity index (χ2v) is 7.06. The summed E-state index contributed by atoms with van der Waals surface area (Å²) in [5.41, 5.74) is 6.59. The molecule has 3 N–H and O–H groups in total. The third kappa shape index (κ3) is 3.06. The third-order valence-electron chi connectivity index (χ3n) is 4.22. The molecule has 0 heterocycles. The Hall–Kier alpha value is -2.39. The van der Waals surface area contributed by atoms with Crippen LogP contribution in [0.3, 0.4) is 0 Å². The van der Waals surface area contributed by atoms with Crippen molar-refractivity contribution in [3.05, 3.63) is 54.6 Å². The number of hydrogen-bond acceptors (Lipinski definition) is 2. The summed E-state index contributed by atoms with van der Waals surface area (Å²) in [5, 5.41) is 7.47. The molecule has 0 aromatic heterocycles. The lowest BCUT2D eigenvalue weighted by atomic mass is 9.87. The van der Waals surface area contributed by atoms with Gasteiger partial charge in [-0.25, -0.2) is 0 Å². The Bertz CT molecular complexity index is 878. The minimum absolute atomic E-state index is 0.154. The molecule has 1 unspecified atom stereocenters. The van der Waals surface area contributed by atoms with Crippen molar-refractivity contribution in [1.82, 2.24) is 0 Å². The minimum atomic E-state index is -0.557. The van der Waals surface area contributed by atoms with Crippen LogP contribution in [-0.2, 0) is 4.79 Å². The molecular formula is C20H22N2O. The Labute approximate surface area is 136 Å². The minimum Gasteiger partial charge on any atom is -0.324 e. The van der Waals surface area contributed by atoms with Crippen LogP contribution >= 0.6 is 0 Å². The van der Waals surface area contributed by atoms with Crippen molar-refractivity contribution in [3.8, 4) is 0 Å². The highest BCUT2D eigenvalue weighted by molar-refractivity contribution is 6.08. The second-order valence-electron chi connectivity index (χ2n) is 7.06. The lowest BCUT2D eigenvalue weighted by Crippen LogP contribution is -2.45. The molecule has 0 saturated heterocycles. The van der Waals surface area contributed by atoms with Crippen LogP contribution in [0.1, 0.15) is 20.8 Å². The van der Waals surface area contributed by atoms with Crippen LogP contribution in [0, 0.1) is 5.41 Å². The molecule has 118 valence electrons. The number of nitrogens with two attached hydrogens (primary N) is 1. The number of anilines is 1. The largest absolute Gasteiger partial charge is 0.324 e. The van der Waals surface area contributed by atoms with Crippen molar-refractivity contribution in [2.45, 2.75) is 26.8 Å². The molecule has 23 heavy (non-hydrogen) atoms. The molecule has 0 spiro atoms. The van der Waals surface area contributed by atoms with E-state index in [1.54, 1.807) is 0 Å². The predicted octanol–water partition coefficient (Wildman–Crippen LogP) is 4.30. The van der Waals surface area contributed by atoms with E-state index < -0.39 is 6.04 Å². The fourth-order valence-corrected chi connectivity index (χ4v) is 2.68. The first-order chi connectivity index (χ1) is 10.9. The van der Waals surface area contributed by atoms with Crippen LogP contribution in [0.25, 0.3) is 21.5 Å².